The Bertz CT molecular complexity index is 1210. The van der Waals surface area contributed by atoms with Crippen LogP contribution in [0.2, 0.25) is 0 Å². The number of carbonyl (C=O) groups excluding carboxylic acids is 1. The van der Waals surface area contributed by atoms with Gasteiger partial charge in [-0.15, -0.1) is 0 Å². The highest BCUT2D eigenvalue weighted by molar-refractivity contribution is 5.90. The van der Waals surface area contributed by atoms with Crippen molar-refractivity contribution in [1.29, 1.82) is 0 Å². The van der Waals surface area contributed by atoms with Crippen molar-refractivity contribution in [2.45, 2.75) is 19.3 Å². The van der Waals surface area contributed by atoms with E-state index in [1.807, 2.05) is 66.5 Å². The fraction of sp³-hybridized carbons (Fsp3) is 0.231. The largest absolute Gasteiger partial charge is 0.457 e. The number of hydrogen-bond acceptors (Lipinski definition) is 5. The summed E-state index contributed by atoms with van der Waals surface area (Å²) in [6, 6.07) is 17.6. The first kappa shape index (κ1) is 22.2. The Kier molecular flexibility index (Phi) is 7.09. The number of aryl methyl sites for hydroxylation is 1. The Morgan fingerprint density at radius 1 is 1.00 bits per heavy atom. The van der Waals surface area contributed by atoms with Crippen LogP contribution in [0, 0.1) is 0 Å². The molecule has 1 amide bonds. The monoisotopic (exact) mass is 441 g/mol. The van der Waals surface area contributed by atoms with Crippen molar-refractivity contribution in [2.75, 3.05) is 13.1 Å². The third kappa shape index (κ3) is 5.44. The van der Waals surface area contributed by atoms with E-state index in [1.165, 1.54) is 18.8 Å². The molecule has 2 aromatic heterocycles. The molecule has 0 saturated carbocycles. The van der Waals surface area contributed by atoms with Crippen LogP contribution in [0.15, 0.2) is 79.8 Å². The minimum atomic E-state index is 0.0831. The van der Waals surface area contributed by atoms with Gasteiger partial charge in [-0.25, -0.2) is 14.6 Å². The summed E-state index contributed by atoms with van der Waals surface area (Å²) >= 11 is 0. The maximum Gasteiger partial charge on any atom is 0.245 e. The van der Waals surface area contributed by atoms with E-state index < -0.39 is 0 Å². The molecule has 0 N–H and O–H groups in total. The molecule has 1 aliphatic heterocycles. The summed E-state index contributed by atoms with van der Waals surface area (Å²) in [6.45, 7) is 5.29. The molecule has 7 nitrogen and oxygen atoms in total. The zero-order valence-corrected chi connectivity index (χ0v) is 18.7. The van der Waals surface area contributed by atoms with Crippen LogP contribution in [-0.2, 0) is 11.8 Å². The van der Waals surface area contributed by atoms with Gasteiger partial charge in [0.2, 0.25) is 5.91 Å². The molecule has 1 fully saturated rings. The van der Waals surface area contributed by atoms with E-state index in [0.717, 1.165) is 59.7 Å². The molecule has 0 aliphatic carbocycles. The van der Waals surface area contributed by atoms with Gasteiger partial charge in [-0.2, -0.15) is 5.10 Å². The van der Waals surface area contributed by atoms with Gasteiger partial charge in [0.1, 0.15) is 23.5 Å². The molecule has 1 saturated heterocycles. The second-order valence-corrected chi connectivity index (χ2v) is 7.76. The number of ether oxygens (including phenoxy) is 1. The number of piperidine rings is 1. The molecule has 4 aromatic rings. The van der Waals surface area contributed by atoms with E-state index in [0.29, 0.717) is 0 Å². The fourth-order valence-corrected chi connectivity index (χ4v) is 3.76. The number of rotatable bonds is 4. The zero-order valence-electron chi connectivity index (χ0n) is 18.7. The second-order valence-electron chi connectivity index (χ2n) is 7.76. The second kappa shape index (κ2) is 10.5. The first-order valence-corrected chi connectivity index (χ1v) is 11.0. The van der Waals surface area contributed by atoms with Crippen LogP contribution in [0.3, 0.4) is 0 Å². The van der Waals surface area contributed by atoms with Gasteiger partial charge < -0.3 is 9.64 Å². The summed E-state index contributed by atoms with van der Waals surface area (Å²) in [7, 11) is 1.88. The molecular weight excluding hydrogens is 414 g/mol. The number of carbonyl (C=O) groups is 1. The standard InChI is InChI=1S/C18H14N4O.C8H13NO/c1-22-18-16(11-19-12-20-18)17(21-22)13-7-9-15(10-8-13)23-14-5-3-2-4-6-14;1-2-8(10)9-6-4-3-5-7-9/h2-12H,1H3;2H,1,3-7H2. The molecule has 168 valence electrons. The number of fused-ring (bicyclic) bond motifs is 1. The van der Waals surface area contributed by atoms with Crippen molar-refractivity contribution in [1.82, 2.24) is 24.6 Å². The van der Waals surface area contributed by atoms with Crippen LogP contribution < -0.4 is 4.74 Å². The van der Waals surface area contributed by atoms with E-state index in [4.69, 9.17) is 4.74 Å². The third-order valence-corrected chi connectivity index (χ3v) is 5.45. The van der Waals surface area contributed by atoms with Gasteiger partial charge in [-0.05, 0) is 61.7 Å². The molecule has 0 spiro atoms. The number of aromatic nitrogens is 4. The number of amides is 1. The van der Waals surface area contributed by atoms with Gasteiger partial charge >= 0.3 is 0 Å². The lowest BCUT2D eigenvalue weighted by Crippen LogP contribution is -2.34. The maximum absolute atomic E-state index is 11.0. The van der Waals surface area contributed by atoms with Gasteiger partial charge in [0.25, 0.3) is 0 Å². The van der Waals surface area contributed by atoms with Crippen molar-refractivity contribution < 1.29 is 9.53 Å². The molecule has 0 unspecified atom stereocenters. The number of nitrogens with zero attached hydrogens (tertiary/aromatic N) is 5. The van der Waals surface area contributed by atoms with Crippen LogP contribution in [-0.4, -0.2) is 43.6 Å². The lowest BCUT2D eigenvalue weighted by molar-refractivity contribution is -0.126. The van der Waals surface area contributed by atoms with Crippen molar-refractivity contribution in [3.05, 3.63) is 79.8 Å². The van der Waals surface area contributed by atoms with Gasteiger partial charge in [-0.3, -0.25) is 4.79 Å². The smallest absolute Gasteiger partial charge is 0.245 e. The number of benzene rings is 2. The molecule has 7 heteroatoms. The van der Waals surface area contributed by atoms with Crippen molar-refractivity contribution >= 4 is 16.9 Å². The highest BCUT2D eigenvalue weighted by Gasteiger charge is 2.13. The average Bonchev–Trinajstić information content (AvgIpc) is 3.22. The Morgan fingerprint density at radius 3 is 2.39 bits per heavy atom. The molecule has 33 heavy (non-hydrogen) atoms. The van der Waals surface area contributed by atoms with Crippen molar-refractivity contribution in [3.63, 3.8) is 0 Å². The molecule has 0 bridgehead atoms. The first-order valence-electron chi connectivity index (χ1n) is 11.0. The molecule has 0 atom stereocenters. The van der Waals surface area contributed by atoms with E-state index >= 15 is 0 Å². The average molecular weight is 442 g/mol. The Balaban J connectivity index is 0.000000219. The normalized spacial score (nSPS) is 13.2. The minimum Gasteiger partial charge on any atom is -0.457 e. The van der Waals surface area contributed by atoms with Crippen molar-refractivity contribution in [3.8, 4) is 22.8 Å². The number of likely N-dealkylation sites (tertiary alicyclic amines) is 1. The molecule has 5 rings (SSSR count). The predicted octanol–water partition coefficient (Wildman–Crippen LogP) is 5.01. The third-order valence-electron chi connectivity index (χ3n) is 5.45. The van der Waals surface area contributed by atoms with Crippen LogP contribution in [0.5, 0.6) is 11.5 Å². The van der Waals surface area contributed by atoms with Crippen LogP contribution in [0.4, 0.5) is 0 Å². The highest BCUT2D eigenvalue weighted by atomic mass is 16.5. The maximum atomic E-state index is 11.0. The Labute approximate surface area is 193 Å². The van der Waals surface area contributed by atoms with E-state index in [2.05, 4.69) is 21.6 Å². The molecule has 3 heterocycles. The van der Waals surface area contributed by atoms with E-state index in [1.54, 1.807) is 10.9 Å². The van der Waals surface area contributed by atoms with Crippen LogP contribution >= 0.6 is 0 Å². The molecule has 0 radical (unpaired) electrons. The number of hydrogen-bond donors (Lipinski definition) is 0. The lowest BCUT2D eigenvalue weighted by Gasteiger charge is -2.25. The topological polar surface area (TPSA) is 73.1 Å². The molecular formula is C26H27N5O2. The fourth-order valence-electron chi connectivity index (χ4n) is 3.76. The summed E-state index contributed by atoms with van der Waals surface area (Å²) in [5, 5.41) is 5.48. The van der Waals surface area contributed by atoms with E-state index in [-0.39, 0.29) is 5.91 Å². The van der Waals surface area contributed by atoms with E-state index in [9.17, 15) is 4.79 Å². The van der Waals surface area contributed by atoms with Crippen molar-refractivity contribution in [2.24, 2.45) is 7.05 Å². The quantitative estimate of drug-likeness (QED) is 0.416. The van der Waals surface area contributed by atoms with Gasteiger partial charge in [0.15, 0.2) is 5.65 Å². The summed E-state index contributed by atoms with van der Waals surface area (Å²) in [6.07, 6.45) is 8.29. The summed E-state index contributed by atoms with van der Waals surface area (Å²) in [4.78, 5) is 21.2. The predicted molar refractivity (Wildman–Crippen MR) is 129 cm³/mol. The Hall–Kier alpha value is -4.00. The SMILES string of the molecule is C=CC(=O)N1CCCCC1.Cn1nc(-c2ccc(Oc3ccccc3)cc2)c2cncnc21. The summed E-state index contributed by atoms with van der Waals surface area (Å²) in [5.74, 6) is 1.69. The Morgan fingerprint density at radius 2 is 1.70 bits per heavy atom. The molecule has 1 aliphatic rings. The first-order chi connectivity index (χ1) is 16.2. The lowest BCUT2D eigenvalue weighted by atomic mass is 10.1. The summed E-state index contributed by atoms with van der Waals surface area (Å²) in [5.41, 5.74) is 2.69. The van der Waals surface area contributed by atoms with Gasteiger partial charge in [0, 0.05) is 31.9 Å². The van der Waals surface area contributed by atoms with Gasteiger partial charge in [0.05, 0.1) is 5.39 Å². The van der Waals surface area contributed by atoms with Crippen LogP contribution in [0.1, 0.15) is 19.3 Å². The minimum absolute atomic E-state index is 0.0831. The number of para-hydroxylation sites is 1. The van der Waals surface area contributed by atoms with Gasteiger partial charge in [-0.1, -0.05) is 24.8 Å². The molecule has 2 aromatic carbocycles. The highest BCUT2D eigenvalue weighted by Crippen LogP contribution is 2.28. The summed E-state index contributed by atoms with van der Waals surface area (Å²) < 4.78 is 7.58. The zero-order chi connectivity index (χ0) is 23.0. The van der Waals surface area contributed by atoms with Crippen LogP contribution in [0.25, 0.3) is 22.3 Å².